The van der Waals surface area contributed by atoms with Gasteiger partial charge in [-0.25, -0.2) is 0 Å². The van der Waals surface area contributed by atoms with Crippen molar-refractivity contribution in [2.24, 2.45) is 0 Å². The number of allylic oxidation sites excluding steroid dienone is 4. The number of unbranched alkanes of at least 4 members (excludes halogenated alkanes) is 1. The van der Waals surface area contributed by atoms with Gasteiger partial charge in [-0.05, 0) is 33.1 Å². The van der Waals surface area contributed by atoms with Gasteiger partial charge in [0.15, 0.2) is 0 Å². The van der Waals surface area contributed by atoms with Crippen molar-refractivity contribution in [1.82, 2.24) is 0 Å². The molecule has 0 radical (unpaired) electrons. The number of aliphatic hydroxyl groups excluding tert-OH is 1. The molecule has 1 unspecified atom stereocenters. The first-order valence-electron chi connectivity index (χ1n) is 4.84. The fourth-order valence-electron chi connectivity index (χ4n) is 0.817. The SMILES string of the molecule is C/C=C/C=C/CCCC(C)O.[C-]#[O+].[C-]#[O+].[C-]#[O+].[Fe]. The van der Waals surface area contributed by atoms with Gasteiger partial charge in [0.25, 0.3) is 0 Å². The minimum Gasteiger partial charge on any atom is 0 e. The van der Waals surface area contributed by atoms with Crippen LogP contribution >= 0.6 is 0 Å². The zero-order valence-corrected chi connectivity index (χ0v) is 11.6. The maximum atomic E-state index is 8.92. The Kier molecular flexibility index (Phi) is 74.5. The summed E-state index contributed by atoms with van der Waals surface area (Å²) in [6, 6.07) is 0. The van der Waals surface area contributed by atoms with E-state index < -0.39 is 0 Å². The molecule has 18 heavy (non-hydrogen) atoms. The zero-order chi connectivity index (χ0) is 14.5. The van der Waals surface area contributed by atoms with Gasteiger partial charge in [-0.1, -0.05) is 24.3 Å². The summed E-state index contributed by atoms with van der Waals surface area (Å²) in [6.45, 7) is 17.3. The summed E-state index contributed by atoms with van der Waals surface area (Å²) in [5, 5.41) is 8.92. The Morgan fingerprint density at radius 3 is 1.83 bits per heavy atom. The number of rotatable bonds is 5. The van der Waals surface area contributed by atoms with Crippen LogP contribution < -0.4 is 0 Å². The molecule has 0 saturated heterocycles. The van der Waals surface area contributed by atoms with Crippen molar-refractivity contribution in [2.75, 3.05) is 0 Å². The molecule has 4 nitrogen and oxygen atoms in total. The smallest absolute Gasteiger partial charge is 0 e. The van der Waals surface area contributed by atoms with Crippen molar-refractivity contribution in [3.8, 4) is 0 Å². The number of aliphatic hydroxyl groups is 1. The Morgan fingerprint density at radius 1 is 1.06 bits per heavy atom. The normalized spacial score (nSPS) is 9.39. The predicted octanol–water partition coefficient (Wildman–Crippen LogP) is 2.55. The standard InChI is InChI=1S/C10H18O.3CO.Fe/c1-3-4-5-6-7-8-9-10(2)11;3*1-2;/h3-6,10-11H,7-9H2,1-2H3;;;;/b4-3+,6-5+;;;;. The second kappa shape index (κ2) is 44.2. The average molecular weight is 294 g/mol. The van der Waals surface area contributed by atoms with Crippen LogP contribution in [0.4, 0.5) is 0 Å². The second-order valence-electron chi connectivity index (χ2n) is 2.73. The van der Waals surface area contributed by atoms with Crippen molar-refractivity contribution in [3.05, 3.63) is 44.3 Å². The molecule has 0 heterocycles. The van der Waals surface area contributed by atoms with Crippen molar-refractivity contribution in [1.29, 1.82) is 0 Å². The monoisotopic (exact) mass is 294 g/mol. The van der Waals surface area contributed by atoms with Crippen LogP contribution in [-0.4, -0.2) is 11.2 Å². The quantitative estimate of drug-likeness (QED) is 0.273. The summed E-state index contributed by atoms with van der Waals surface area (Å²) in [7, 11) is 0. The molecule has 102 valence electrons. The molecule has 0 aromatic rings. The molecule has 0 aliphatic carbocycles. The van der Waals surface area contributed by atoms with Gasteiger partial charge in [0.2, 0.25) is 0 Å². The Labute approximate surface area is 120 Å². The van der Waals surface area contributed by atoms with Gasteiger partial charge in [-0.3, -0.25) is 0 Å². The van der Waals surface area contributed by atoms with Crippen LogP contribution in [0.1, 0.15) is 33.1 Å². The Hall–Kier alpha value is -0.821. The molecule has 0 saturated carbocycles. The summed E-state index contributed by atoms with van der Waals surface area (Å²) in [5.74, 6) is 0. The predicted molar refractivity (Wildman–Crippen MR) is 61.3 cm³/mol. The molecule has 0 rings (SSSR count). The molecule has 0 fully saturated rings. The van der Waals surface area contributed by atoms with Gasteiger partial charge in [0, 0.05) is 17.1 Å². The molecule has 1 N–H and O–H groups in total. The molecule has 5 heteroatoms. The third kappa shape index (κ3) is 59.2. The second-order valence-corrected chi connectivity index (χ2v) is 2.73. The zero-order valence-electron chi connectivity index (χ0n) is 10.5. The van der Waals surface area contributed by atoms with Crippen molar-refractivity contribution < 1.29 is 36.1 Å². The van der Waals surface area contributed by atoms with Crippen molar-refractivity contribution in [2.45, 2.75) is 39.2 Å². The fraction of sp³-hybridized carbons (Fsp3) is 0.462. The van der Waals surface area contributed by atoms with E-state index in [-0.39, 0.29) is 23.2 Å². The van der Waals surface area contributed by atoms with E-state index in [9.17, 15) is 0 Å². The summed E-state index contributed by atoms with van der Waals surface area (Å²) >= 11 is 0. The molecule has 0 aromatic heterocycles. The Morgan fingerprint density at radius 2 is 1.50 bits per heavy atom. The van der Waals surface area contributed by atoms with Crippen LogP contribution in [0.3, 0.4) is 0 Å². The first-order valence-corrected chi connectivity index (χ1v) is 4.84. The molecule has 0 aliphatic heterocycles. The largest absolute Gasteiger partial charge is 0 e. The number of hydrogen-bond donors (Lipinski definition) is 1. The maximum absolute atomic E-state index is 8.92. The Bertz CT molecular complexity index is 213. The molecule has 0 spiro atoms. The Balaban J connectivity index is -0.0000000700. The van der Waals surface area contributed by atoms with Crippen LogP contribution in [0.25, 0.3) is 0 Å². The molecule has 0 aromatic carbocycles. The van der Waals surface area contributed by atoms with E-state index in [0.29, 0.717) is 0 Å². The van der Waals surface area contributed by atoms with Crippen molar-refractivity contribution in [3.63, 3.8) is 0 Å². The topological polar surface area (TPSA) is 79.9 Å². The minimum absolute atomic E-state index is 0. The molecule has 0 aliphatic rings. The van der Waals surface area contributed by atoms with Crippen LogP contribution in [0.5, 0.6) is 0 Å². The van der Waals surface area contributed by atoms with E-state index in [1.165, 1.54) is 0 Å². The first-order chi connectivity index (χ1) is 8.27. The summed E-state index contributed by atoms with van der Waals surface area (Å²) in [5.41, 5.74) is 0. The number of hydrogen-bond acceptors (Lipinski definition) is 1. The fourth-order valence-corrected chi connectivity index (χ4v) is 0.817. The van der Waals surface area contributed by atoms with Gasteiger partial charge >= 0.3 is 33.9 Å². The van der Waals surface area contributed by atoms with Crippen molar-refractivity contribution >= 4 is 0 Å². The third-order valence-electron chi connectivity index (χ3n) is 1.43. The third-order valence-corrected chi connectivity index (χ3v) is 1.43. The van der Waals surface area contributed by atoms with Gasteiger partial charge in [-0.15, -0.1) is 0 Å². The van der Waals surface area contributed by atoms with E-state index in [4.69, 9.17) is 19.1 Å². The van der Waals surface area contributed by atoms with Gasteiger partial charge in [0.05, 0.1) is 6.10 Å². The summed E-state index contributed by atoms with van der Waals surface area (Å²) in [4.78, 5) is 0. The van der Waals surface area contributed by atoms with Gasteiger partial charge < -0.3 is 5.11 Å². The van der Waals surface area contributed by atoms with Crippen LogP contribution in [-0.2, 0) is 31.0 Å². The molecule has 0 bridgehead atoms. The van der Waals surface area contributed by atoms with Gasteiger partial charge in [-0.2, -0.15) is 0 Å². The van der Waals surface area contributed by atoms with Gasteiger partial charge in [0.1, 0.15) is 0 Å². The first kappa shape index (κ1) is 30.3. The van der Waals surface area contributed by atoms with E-state index in [0.717, 1.165) is 19.3 Å². The van der Waals surface area contributed by atoms with E-state index >= 15 is 0 Å². The molecular formula is C13H18FeO4. The summed E-state index contributed by atoms with van der Waals surface area (Å²) < 4.78 is 22.5. The maximum Gasteiger partial charge on any atom is 0 e. The molecule has 1 atom stereocenters. The van der Waals surface area contributed by atoms with E-state index in [2.05, 4.69) is 26.0 Å². The van der Waals surface area contributed by atoms with Crippen LogP contribution in [0.2, 0.25) is 0 Å². The van der Waals surface area contributed by atoms with E-state index in [1.807, 2.05) is 32.1 Å². The van der Waals surface area contributed by atoms with Crippen LogP contribution in [0, 0.1) is 20.0 Å². The average Bonchev–Trinajstić information content (AvgIpc) is 2.40. The summed E-state index contributed by atoms with van der Waals surface area (Å²) in [6.07, 6.45) is 11.1. The molecule has 0 amide bonds. The van der Waals surface area contributed by atoms with Crippen LogP contribution in [0.15, 0.2) is 24.3 Å². The minimum atomic E-state index is -0.148. The van der Waals surface area contributed by atoms with E-state index in [1.54, 1.807) is 0 Å². The molecular weight excluding hydrogens is 276 g/mol.